The molecule has 8 aliphatic rings. The van der Waals surface area contributed by atoms with Crippen molar-refractivity contribution in [2.24, 2.45) is 22.7 Å². The number of hydrogen-bond donors (Lipinski definition) is 2. The van der Waals surface area contributed by atoms with E-state index in [-0.39, 0.29) is 55.4 Å². The first-order valence-corrected chi connectivity index (χ1v) is 27.2. The Morgan fingerprint density at radius 2 is 1.69 bits per heavy atom. The largest absolute Gasteiger partial charge is 0.460 e. The molecule has 1 aromatic rings. The molecule has 14 nitrogen and oxygen atoms in total. The number of hydrogen-bond acceptors (Lipinski definition) is 12. The Labute approximate surface area is 416 Å². The van der Waals surface area contributed by atoms with E-state index < -0.39 is 77.2 Å². The Morgan fingerprint density at radius 3 is 2.39 bits per heavy atom. The summed E-state index contributed by atoms with van der Waals surface area (Å²) < 4.78 is 32.5. The van der Waals surface area contributed by atoms with E-state index in [4.69, 9.17) is 28.5 Å². The molecule has 14 heteroatoms. The smallest absolute Gasteiger partial charge is 0.327 e. The van der Waals surface area contributed by atoms with Crippen molar-refractivity contribution in [3.05, 3.63) is 41.0 Å². The SMILES string of the molecule is CCCCCC1(CCCCC)O[C@@H]2[C@H](O1)[C@H]1ON(Cc3ccccc3C=C3CCC4O[C@]4(C)CC[C@@H]4[C@@H]3CC4(C)C)[C@@H]3C(=O)O[C@@H]2C[C@]13C(=O)N1CCC[C@@H]1C(=O)N[C@H](CO)CCC(=O)OC(C)(C)C. The van der Waals surface area contributed by atoms with Crippen LogP contribution in [0, 0.1) is 22.7 Å². The summed E-state index contributed by atoms with van der Waals surface area (Å²) >= 11 is 0. The lowest BCUT2D eigenvalue weighted by molar-refractivity contribution is -0.225. The molecule has 5 aliphatic heterocycles. The number of rotatable bonds is 18. The summed E-state index contributed by atoms with van der Waals surface area (Å²) in [6, 6.07) is 5.62. The molecular weight excluding hydrogens is 891 g/mol. The van der Waals surface area contributed by atoms with Gasteiger partial charge in [-0.25, -0.2) is 0 Å². The molecule has 70 heavy (non-hydrogen) atoms. The Kier molecular flexibility index (Phi) is 14.8. The molecule has 5 saturated heterocycles. The van der Waals surface area contributed by atoms with Crippen molar-refractivity contribution in [2.45, 2.75) is 243 Å². The average molecular weight is 974 g/mol. The van der Waals surface area contributed by atoms with Gasteiger partial charge in [0.25, 0.3) is 0 Å². The molecule has 2 amide bonds. The summed E-state index contributed by atoms with van der Waals surface area (Å²) in [5.74, 6) is -1.54. The standard InChI is InChI=1S/C56H83N3O11/c1-9-11-15-26-55(27-16-12-10-2)68-45-42-32-56(51(64)58-29-17-20-41(58)49(62)57-38(34-60)22-24-44(61)67-52(3,4)5)47(50(63)65-42)59(70-48(56)46(45)69-55)33-37-19-14-13-18-35(37)30-36-21-23-43-54(8,66-43)28-25-40-39(36)31-53(40,6)7/h13-14,18-19,30,38-43,45-48,60H,9-12,15-17,20-29,31-34H2,1-8H3,(H,57,62)/t38-,39+,40+,41+,42+,43?,45-,46-,47+,48+,54+,56+/m0/s1. The molecule has 0 radical (unpaired) electrons. The molecule has 8 fully saturated rings. The molecule has 3 saturated carbocycles. The number of benzene rings is 1. The second-order valence-corrected chi connectivity index (χ2v) is 24.2. The van der Waals surface area contributed by atoms with Crippen LogP contribution >= 0.6 is 0 Å². The summed E-state index contributed by atoms with van der Waals surface area (Å²) in [6.45, 7) is 17.0. The van der Waals surface area contributed by atoms with Gasteiger partial charge in [-0.3, -0.25) is 24.0 Å². The van der Waals surface area contributed by atoms with E-state index in [0.29, 0.717) is 44.1 Å². The van der Waals surface area contributed by atoms with Gasteiger partial charge >= 0.3 is 11.9 Å². The molecule has 0 spiro atoms. The van der Waals surface area contributed by atoms with Crippen LogP contribution in [0.15, 0.2) is 29.8 Å². The highest BCUT2D eigenvalue weighted by Gasteiger charge is 2.77. The van der Waals surface area contributed by atoms with Gasteiger partial charge in [-0.1, -0.05) is 89.3 Å². The van der Waals surface area contributed by atoms with E-state index in [1.807, 2.05) is 6.07 Å². The fraction of sp³-hybridized carbons (Fsp3) is 0.786. The molecule has 2 N–H and O–H groups in total. The highest BCUT2D eigenvalue weighted by molar-refractivity contribution is 5.96. The van der Waals surface area contributed by atoms with E-state index in [9.17, 15) is 19.5 Å². The number of aliphatic hydroxyl groups excluding tert-OH is 1. The van der Waals surface area contributed by atoms with Crippen LogP contribution in [0.3, 0.4) is 0 Å². The van der Waals surface area contributed by atoms with Crippen LogP contribution in [-0.2, 0) is 54.2 Å². The molecule has 5 heterocycles. The first-order valence-electron chi connectivity index (χ1n) is 27.2. The number of nitrogens with one attached hydrogen (secondary N) is 1. The average Bonchev–Trinajstić information content (AvgIpc) is 3.68. The van der Waals surface area contributed by atoms with E-state index in [2.05, 4.69) is 64.2 Å². The number of hydroxylamine groups is 2. The van der Waals surface area contributed by atoms with Crippen LogP contribution in [0.5, 0.6) is 0 Å². The molecule has 0 aromatic heterocycles. The topological polar surface area (TPSA) is 166 Å². The number of aliphatic hydroxyl groups is 1. The van der Waals surface area contributed by atoms with Crippen molar-refractivity contribution in [3.63, 3.8) is 0 Å². The number of nitrogens with zero attached hydrogens (tertiary/aromatic N) is 2. The van der Waals surface area contributed by atoms with Crippen molar-refractivity contribution < 1.29 is 52.8 Å². The molecule has 1 aromatic carbocycles. The first kappa shape index (κ1) is 51.5. The number of fused-ring (bicyclic) bond motifs is 6. The minimum Gasteiger partial charge on any atom is -0.460 e. The zero-order valence-electron chi connectivity index (χ0n) is 43.4. The molecule has 1 unspecified atom stereocenters. The number of esters is 2. The van der Waals surface area contributed by atoms with Gasteiger partial charge in [0.2, 0.25) is 11.8 Å². The van der Waals surface area contributed by atoms with E-state index in [1.165, 1.54) is 5.57 Å². The third-order valence-electron chi connectivity index (χ3n) is 17.6. The van der Waals surface area contributed by atoms with Gasteiger partial charge in [0, 0.05) is 32.2 Å². The maximum Gasteiger partial charge on any atom is 0.327 e. The predicted octanol–water partition coefficient (Wildman–Crippen LogP) is 8.49. The third-order valence-corrected chi connectivity index (χ3v) is 17.6. The lowest BCUT2D eigenvalue weighted by Crippen LogP contribution is -2.70. The monoisotopic (exact) mass is 974 g/mol. The summed E-state index contributed by atoms with van der Waals surface area (Å²) in [4.78, 5) is 66.5. The fourth-order valence-corrected chi connectivity index (χ4v) is 13.8. The van der Waals surface area contributed by atoms with Crippen LogP contribution < -0.4 is 5.32 Å². The number of allylic oxidation sites excluding steroid dienone is 1. The Balaban J connectivity index is 1.03. The molecule has 388 valence electrons. The van der Waals surface area contributed by atoms with Crippen LogP contribution in [0.1, 0.15) is 182 Å². The second kappa shape index (κ2) is 20.1. The van der Waals surface area contributed by atoms with E-state index >= 15 is 4.79 Å². The lowest BCUT2D eigenvalue weighted by Gasteiger charge is -2.53. The molecular formula is C56H83N3O11. The van der Waals surface area contributed by atoms with E-state index in [1.54, 1.807) is 30.7 Å². The zero-order valence-corrected chi connectivity index (χ0v) is 43.4. The van der Waals surface area contributed by atoms with Crippen molar-refractivity contribution in [3.8, 4) is 0 Å². The number of epoxide rings is 1. The van der Waals surface area contributed by atoms with Gasteiger partial charge in [-0.15, -0.1) is 0 Å². The van der Waals surface area contributed by atoms with Crippen LogP contribution in [0.4, 0.5) is 0 Å². The minimum atomic E-state index is -1.45. The second-order valence-electron chi connectivity index (χ2n) is 24.2. The van der Waals surface area contributed by atoms with Crippen LogP contribution in [0.25, 0.3) is 6.08 Å². The Bertz CT molecular complexity index is 2130. The van der Waals surface area contributed by atoms with E-state index in [0.717, 1.165) is 81.8 Å². The number of likely N-dealkylation sites (tertiary alicyclic amines) is 1. The van der Waals surface area contributed by atoms with Crippen LogP contribution in [0.2, 0.25) is 0 Å². The lowest BCUT2D eigenvalue weighted by atomic mass is 9.52. The van der Waals surface area contributed by atoms with Crippen molar-refractivity contribution in [1.29, 1.82) is 0 Å². The highest BCUT2D eigenvalue weighted by Crippen LogP contribution is 2.61. The van der Waals surface area contributed by atoms with Gasteiger partial charge in [0.05, 0.1) is 30.9 Å². The number of carbonyl (C=O) groups excluding carboxylic acids is 4. The Hall–Kier alpha value is -3.40. The molecule has 2 bridgehead atoms. The number of carbonyl (C=O) groups is 4. The van der Waals surface area contributed by atoms with Gasteiger partial charge in [0.15, 0.2) is 11.8 Å². The van der Waals surface area contributed by atoms with Gasteiger partial charge in [-0.05, 0) is 120 Å². The van der Waals surface area contributed by atoms with Gasteiger partial charge in [0.1, 0.15) is 41.5 Å². The predicted molar refractivity (Wildman–Crippen MR) is 262 cm³/mol. The minimum absolute atomic E-state index is 0.0106. The maximum absolute atomic E-state index is 15.9. The number of unbranched alkanes of at least 4 members (excludes halogenated alkanes) is 4. The molecule has 9 rings (SSSR count). The summed E-state index contributed by atoms with van der Waals surface area (Å²) in [5.41, 5.74) is 1.62. The summed E-state index contributed by atoms with van der Waals surface area (Å²) in [5, 5.41) is 15.0. The van der Waals surface area contributed by atoms with Gasteiger partial charge < -0.3 is 39.0 Å². The van der Waals surface area contributed by atoms with Crippen molar-refractivity contribution in [1.82, 2.24) is 15.3 Å². The van der Waals surface area contributed by atoms with Crippen LogP contribution in [-0.4, -0.2) is 118 Å². The maximum atomic E-state index is 15.9. The first-order chi connectivity index (χ1) is 33.3. The zero-order chi connectivity index (χ0) is 49.8. The number of amides is 2. The van der Waals surface area contributed by atoms with Gasteiger partial charge in [-0.2, -0.15) is 5.06 Å². The highest BCUT2D eigenvalue weighted by atomic mass is 16.8. The molecule has 12 atom stereocenters. The fourth-order valence-electron chi connectivity index (χ4n) is 13.8. The summed E-state index contributed by atoms with van der Waals surface area (Å²) in [7, 11) is 0. The Morgan fingerprint density at radius 1 is 0.957 bits per heavy atom. The third kappa shape index (κ3) is 10.0. The van der Waals surface area contributed by atoms with Crippen molar-refractivity contribution in [2.75, 3.05) is 13.2 Å². The molecule has 3 aliphatic carbocycles. The van der Waals surface area contributed by atoms with Crippen molar-refractivity contribution >= 4 is 29.8 Å². The summed E-state index contributed by atoms with van der Waals surface area (Å²) in [6.07, 6.45) is 13.7. The number of ether oxygens (including phenoxy) is 5. The normalized spacial score (nSPS) is 35.8. The quantitative estimate of drug-likeness (QED) is 0.0820.